The number of benzene rings is 2. The molecule has 4 rings (SSSR count). The molecular weight excluding hydrogens is 476 g/mol. The Morgan fingerprint density at radius 1 is 0.649 bits per heavy atom. The first-order valence-electron chi connectivity index (χ1n) is 14.5. The molecule has 0 aromatic heterocycles. The van der Waals surface area contributed by atoms with Crippen molar-refractivity contribution in [3.63, 3.8) is 0 Å². The normalized spacial score (nSPS) is 24.3. The number of unbranched alkanes of at least 4 members (excludes halogenated alkanes) is 2. The third-order valence-electron chi connectivity index (χ3n) is 8.87. The van der Waals surface area contributed by atoms with Gasteiger partial charge in [-0.25, -0.2) is 13.2 Å². The van der Waals surface area contributed by atoms with Gasteiger partial charge in [-0.3, -0.25) is 0 Å². The monoisotopic (exact) mass is 518 g/mol. The van der Waals surface area contributed by atoms with Gasteiger partial charge in [-0.15, -0.1) is 0 Å². The molecule has 0 atom stereocenters. The zero-order chi connectivity index (χ0) is 26.4. The quantitative estimate of drug-likeness (QED) is 0.225. The fourth-order valence-electron chi connectivity index (χ4n) is 6.64. The topological polar surface area (TPSA) is 9.23 Å². The van der Waals surface area contributed by atoms with E-state index in [1.165, 1.54) is 31.7 Å². The van der Waals surface area contributed by atoms with E-state index in [-0.39, 0.29) is 30.1 Å². The molecule has 0 saturated heterocycles. The molecule has 0 heterocycles. The molecule has 2 aromatic rings. The Labute approximate surface area is 220 Å². The predicted octanol–water partition coefficient (Wildman–Crippen LogP) is 10.0. The number of ether oxygens (including phenoxy) is 1. The third kappa shape index (κ3) is 6.70. The van der Waals surface area contributed by atoms with Gasteiger partial charge in [0.1, 0.15) is 0 Å². The average Bonchev–Trinajstić information content (AvgIpc) is 2.91. The molecule has 2 aliphatic carbocycles. The lowest BCUT2D eigenvalue weighted by Gasteiger charge is -2.31. The lowest BCUT2D eigenvalue weighted by atomic mass is 9.74. The number of hydrogen-bond acceptors (Lipinski definition) is 1. The van der Waals surface area contributed by atoms with E-state index >= 15 is 8.78 Å². The largest absolute Gasteiger partial charge is 0.491 e. The van der Waals surface area contributed by atoms with E-state index in [2.05, 4.69) is 6.92 Å². The molecule has 2 fully saturated rings. The van der Waals surface area contributed by atoms with Crippen molar-refractivity contribution in [2.24, 2.45) is 11.8 Å². The van der Waals surface area contributed by atoms with Gasteiger partial charge in [-0.05, 0) is 111 Å². The van der Waals surface area contributed by atoms with Crippen LogP contribution in [0.1, 0.15) is 119 Å². The summed E-state index contributed by atoms with van der Waals surface area (Å²) in [5.74, 6) is -2.15. The second kappa shape index (κ2) is 13.2. The van der Waals surface area contributed by atoms with Crippen molar-refractivity contribution in [3.8, 4) is 5.75 Å². The first-order chi connectivity index (χ1) is 17.9. The molecule has 2 aliphatic rings. The van der Waals surface area contributed by atoms with Gasteiger partial charge < -0.3 is 4.74 Å². The van der Waals surface area contributed by atoms with Crippen LogP contribution in [0.3, 0.4) is 0 Å². The molecule has 0 amide bonds. The van der Waals surface area contributed by atoms with E-state index in [0.29, 0.717) is 23.1 Å². The van der Waals surface area contributed by atoms with Crippen molar-refractivity contribution < 1.29 is 22.3 Å². The summed E-state index contributed by atoms with van der Waals surface area (Å²) in [6.45, 7) is 4.22. The maximum atomic E-state index is 15.2. The zero-order valence-electron chi connectivity index (χ0n) is 22.4. The summed E-state index contributed by atoms with van der Waals surface area (Å²) in [5, 5.41) is 0. The van der Waals surface area contributed by atoms with E-state index in [4.69, 9.17) is 4.74 Å². The molecule has 37 heavy (non-hydrogen) atoms. The highest BCUT2D eigenvalue weighted by Crippen LogP contribution is 2.43. The van der Waals surface area contributed by atoms with Crippen LogP contribution in [0.15, 0.2) is 24.3 Å². The molecule has 0 bridgehead atoms. The van der Waals surface area contributed by atoms with Crippen LogP contribution in [-0.2, 0) is 6.42 Å². The van der Waals surface area contributed by atoms with E-state index < -0.39 is 23.3 Å². The van der Waals surface area contributed by atoms with Gasteiger partial charge in [-0.1, -0.05) is 50.8 Å². The van der Waals surface area contributed by atoms with Crippen molar-refractivity contribution >= 4 is 0 Å². The summed E-state index contributed by atoms with van der Waals surface area (Å²) in [6.07, 6.45) is 12.6. The summed E-state index contributed by atoms with van der Waals surface area (Å²) >= 11 is 0. The average molecular weight is 519 g/mol. The van der Waals surface area contributed by atoms with E-state index in [0.717, 1.165) is 57.3 Å². The molecule has 0 N–H and O–H groups in total. The SMILES string of the molecule is CCCCC[C@H]1CC[C@H](c2ccc([C@H]3CC[C@H](Cc4ccc(OCC)c(F)c4F)CC3)c(F)c2F)CC1. The van der Waals surface area contributed by atoms with Gasteiger partial charge in [0.2, 0.25) is 5.82 Å². The predicted molar refractivity (Wildman–Crippen MR) is 141 cm³/mol. The van der Waals surface area contributed by atoms with Gasteiger partial charge in [0.05, 0.1) is 6.61 Å². The van der Waals surface area contributed by atoms with Crippen LogP contribution in [0, 0.1) is 35.1 Å². The van der Waals surface area contributed by atoms with Gasteiger partial charge in [0.25, 0.3) is 0 Å². The third-order valence-corrected chi connectivity index (χ3v) is 8.87. The van der Waals surface area contributed by atoms with Gasteiger partial charge >= 0.3 is 0 Å². The summed E-state index contributed by atoms with van der Waals surface area (Å²) < 4.78 is 64.4. The molecular formula is C32H42F4O. The van der Waals surface area contributed by atoms with E-state index in [9.17, 15) is 8.78 Å². The Morgan fingerprint density at radius 3 is 1.76 bits per heavy atom. The van der Waals surface area contributed by atoms with Crippen molar-refractivity contribution in [2.45, 2.75) is 109 Å². The molecule has 0 unspecified atom stereocenters. The van der Waals surface area contributed by atoms with Crippen molar-refractivity contribution in [2.75, 3.05) is 6.61 Å². The van der Waals surface area contributed by atoms with Crippen LogP contribution < -0.4 is 4.74 Å². The second-order valence-corrected chi connectivity index (χ2v) is 11.3. The fourth-order valence-corrected chi connectivity index (χ4v) is 6.64. The minimum Gasteiger partial charge on any atom is -0.491 e. The first-order valence-corrected chi connectivity index (χ1v) is 14.5. The van der Waals surface area contributed by atoms with Crippen LogP contribution in [0.4, 0.5) is 17.6 Å². The molecule has 0 radical (unpaired) electrons. The highest BCUT2D eigenvalue weighted by atomic mass is 19.2. The van der Waals surface area contributed by atoms with E-state index in [1.807, 2.05) is 12.1 Å². The van der Waals surface area contributed by atoms with Crippen molar-refractivity contribution in [3.05, 3.63) is 64.2 Å². The van der Waals surface area contributed by atoms with Crippen LogP contribution >= 0.6 is 0 Å². The lowest BCUT2D eigenvalue weighted by Crippen LogP contribution is -2.18. The summed E-state index contributed by atoms with van der Waals surface area (Å²) in [4.78, 5) is 0. The molecule has 5 heteroatoms. The molecule has 204 valence electrons. The maximum absolute atomic E-state index is 15.2. The molecule has 0 aliphatic heterocycles. The summed E-state index contributed by atoms with van der Waals surface area (Å²) in [6, 6.07) is 6.73. The first kappa shape index (κ1) is 28.0. The smallest absolute Gasteiger partial charge is 0.200 e. The number of hydrogen-bond donors (Lipinski definition) is 0. The molecule has 0 spiro atoms. The fraction of sp³-hybridized carbons (Fsp3) is 0.625. The van der Waals surface area contributed by atoms with E-state index in [1.54, 1.807) is 13.0 Å². The minimum atomic E-state index is -0.935. The van der Waals surface area contributed by atoms with Crippen LogP contribution in [0.25, 0.3) is 0 Å². The number of rotatable bonds is 10. The Bertz CT molecular complexity index is 1020. The highest BCUT2D eigenvalue weighted by molar-refractivity contribution is 5.33. The minimum absolute atomic E-state index is 0.0315. The van der Waals surface area contributed by atoms with Gasteiger partial charge in [0.15, 0.2) is 23.2 Å². The Balaban J connectivity index is 1.33. The second-order valence-electron chi connectivity index (χ2n) is 11.3. The number of halogens is 4. The molecule has 2 aromatic carbocycles. The summed E-state index contributed by atoms with van der Waals surface area (Å²) in [7, 11) is 0. The molecule has 2 saturated carbocycles. The maximum Gasteiger partial charge on any atom is 0.200 e. The van der Waals surface area contributed by atoms with Crippen molar-refractivity contribution in [1.82, 2.24) is 0 Å². The Morgan fingerprint density at radius 2 is 1.22 bits per heavy atom. The standard InChI is InChI=1S/C32H42F4O/c1-3-5-6-7-21-8-12-23(13-9-21)26-17-18-27(31(35)30(26)34)24-14-10-22(11-15-24)20-25-16-19-28(37-4-2)32(36)29(25)33/h16-19,21-24H,3-15,20H2,1-2H3/t21-,22-,23-,24-. The van der Waals surface area contributed by atoms with Gasteiger partial charge in [0, 0.05) is 0 Å². The Hall–Kier alpha value is -2.04. The van der Waals surface area contributed by atoms with Crippen LogP contribution in [-0.4, -0.2) is 6.61 Å². The summed E-state index contributed by atoms with van der Waals surface area (Å²) in [5.41, 5.74) is 1.38. The lowest BCUT2D eigenvalue weighted by molar-refractivity contribution is 0.295. The van der Waals surface area contributed by atoms with Crippen molar-refractivity contribution in [1.29, 1.82) is 0 Å². The van der Waals surface area contributed by atoms with Crippen LogP contribution in [0.5, 0.6) is 5.75 Å². The zero-order valence-corrected chi connectivity index (χ0v) is 22.4. The molecule has 1 nitrogen and oxygen atoms in total. The Kier molecular flexibility index (Phi) is 9.95. The highest BCUT2D eigenvalue weighted by Gasteiger charge is 2.30. The van der Waals surface area contributed by atoms with Crippen LogP contribution in [0.2, 0.25) is 0 Å². The van der Waals surface area contributed by atoms with Gasteiger partial charge in [-0.2, -0.15) is 4.39 Å².